The van der Waals surface area contributed by atoms with Crippen LogP contribution in [0.15, 0.2) is 41.1 Å². The van der Waals surface area contributed by atoms with Gasteiger partial charge in [0.15, 0.2) is 0 Å². The van der Waals surface area contributed by atoms with Gasteiger partial charge < -0.3 is 5.73 Å². The Morgan fingerprint density at radius 3 is 2.88 bits per heavy atom. The van der Waals surface area contributed by atoms with Crippen molar-refractivity contribution in [3.05, 3.63) is 57.8 Å². The Morgan fingerprint density at radius 1 is 1.29 bits per heavy atom. The normalized spacial score (nSPS) is 27.8. The van der Waals surface area contributed by atoms with E-state index in [1.807, 2.05) is 0 Å². The molecule has 3 rings (SSSR count). The number of rotatable bonds is 1. The van der Waals surface area contributed by atoms with Crippen LogP contribution in [0.1, 0.15) is 42.4 Å². The summed E-state index contributed by atoms with van der Waals surface area (Å²) in [6.45, 7) is 2.30. The highest BCUT2D eigenvalue weighted by Crippen LogP contribution is 2.43. The van der Waals surface area contributed by atoms with Gasteiger partial charge in [-0.3, -0.25) is 0 Å². The molecule has 0 aliphatic heterocycles. The molecule has 0 amide bonds. The minimum Gasteiger partial charge on any atom is -0.318 e. The Balaban J connectivity index is 2.18. The second-order valence-electron chi connectivity index (χ2n) is 5.01. The number of thiophene rings is 1. The summed E-state index contributed by atoms with van der Waals surface area (Å²) in [5, 5.41) is 4.30. The number of hydrogen-bond acceptors (Lipinski definition) is 2. The van der Waals surface area contributed by atoms with Crippen molar-refractivity contribution in [1.29, 1.82) is 0 Å². The molecule has 0 bridgehead atoms. The molecule has 1 aliphatic rings. The predicted octanol–water partition coefficient (Wildman–Crippen LogP) is 3.85. The van der Waals surface area contributed by atoms with Crippen LogP contribution < -0.4 is 5.73 Å². The van der Waals surface area contributed by atoms with Gasteiger partial charge in [-0.25, -0.2) is 0 Å². The molecule has 0 radical (unpaired) electrons. The van der Waals surface area contributed by atoms with E-state index in [-0.39, 0.29) is 5.54 Å². The van der Waals surface area contributed by atoms with Gasteiger partial charge in [0.25, 0.3) is 0 Å². The van der Waals surface area contributed by atoms with Crippen LogP contribution in [-0.4, -0.2) is 0 Å². The van der Waals surface area contributed by atoms with E-state index in [1.165, 1.54) is 23.1 Å². The molecule has 0 spiro atoms. The van der Waals surface area contributed by atoms with Crippen LogP contribution >= 0.6 is 11.3 Å². The summed E-state index contributed by atoms with van der Waals surface area (Å²) in [6, 6.07) is 10.8. The topological polar surface area (TPSA) is 26.0 Å². The second-order valence-corrected chi connectivity index (χ2v) is 5.79. The first-order chi connectivity index (χ1) is 8.22. The Kier molecular flexibility index (Phi) is 2.57. The molecule has 17 heavy (non-hydrogen) atoms. The van der Waals surface area contributed by atoms with Crippen LogP contribution in [0.25, 0.3) is 0 Å². The highest BCUT2D eigenvalue weighted by Gasteiger charge is 2.36. The van der Waals surface area contributed by atoms with Crippen LogP contribution in [0.2, 0.25) is 0 Å². The van der Waals surface area contributed by atoms with Crippen LogP contribution in [0.3, 0.4) is 0 Å². The summed E-state index contributed by atoms with van der Waals surface area (Å²) >= 11 is 1.73. The smallest absolute Gasteiger partial charge is 0.0676 e. The maximum atomic E-state index is 6.71. The summed E-state index contributed by atoms with van der Waals surface area (Å²) in [6.07, 6.45) is 2.21. The fourth-order valence-electron chi connectivity index (χ4n) is 2.89. The largest absolute Gasteiger partial charge is 0.318 e. The van der Waals surface area contributed by atoms with Gasteiger partial charge in [-0.1, -0.05) is 31.2 Å². The van der Waals surface area contributed by atoms with Crippen molar-refractivity contribution < 1.29 is 0 Å². The monoisotopic (exact) mass is 243 g/mol. The SMILES string of the molecule is CC1CCC(N)(c2ccsc2)c2ccccc21. The quantitative estimate of drug-likeness (QED) is 0.809. The van der Waals surface area contributed by atoms with E-state index < -0.39 is 0 Å². The summed E-state index contributed by atoms with van der Waals surface area (Å²) in [5.41, 5.74) is 10.4. The zero-order valence-corrected chi connectivity index (χ0v) is 10.8. The Bertz CT molecular complexity index is 517. The van der Waals surface area contributed by atoms with Crippen LogP contribution in [-0.2, 0) is 5.54 Å². The molecule has 1 aromatic heterocycles. The van der Waals surface area contributed by atoms with Crippen LogP contribution in [0, 0.1) is 0 Å². The molecule has 2 atom stereocenters. The number of hydrogen-bond donors (Lipinski definition) is 1. The van der Waals surface area contributed by atoms with Gasteiger partial charge in [-0.15, -0.1) is 0 Å². The summed E-state index contributed by atoms with van der Waals surface area (Å²) in [7, 11) is 0. The van der Waals surface area contributed by atoms with Crippen molar-refractivity contribution in [1.82, 2.24) is 0 Å². The van der Waals surface area contributed by atoms with Gasteiger partial charge in [-0.2, -0.15) is 11.3 Å². The molecule has 0 fully saturated rings. The average Bonchev–Trinajstić information content (AvgIpc) is 2.89. The molecule has 0 saturated heterocycles. The van der Waals surface area contributed by atoms with E-state index in [0.717, 1.165) is 6.42 Å². The molecule has 2 aromatic rings. The number of nitrogens with two attached hydrogens (primary N) is 1. The summed E-state index contributed by atoms with van der Waals surface area (Å²) < 4.78 is 0. The van der Waals surface area contributed by atoms with Crippen molar-refractivity contribution in [2.24, 2.45) is 5.73 Å². The van der Waals surface area contributed by atoms with E-state index in [0.29, 0.717) is 5.92 Å². The lowest BCUT2D eigenvalue weighted by atomic mass is 9.70. The van der Waals surface area contributed by atoms with E-state index in [4.69, 9.17) is 5.73 Å². The summed E-state index contributed by atoms with van der Waals surface area (Å²) in [5.74, 6) is 0.626. The second kappa shape index (κ2) is 3.97. The molecule has 2 heteroatoms. The number of fused-ring (bicyclic) bond motifs is 1. The third-order valence-electron chi connectivity index (χ3n) is 3.98. The lowest BCUT2D eigenvalue weighted by molar-refractivity contribution is 0.413. The van der Waals surface area contributed by atoms with Gasteiger partial charge in [0.1, 0.15) is 0 Å². The lowest BCUT2D eigenvalue weighted by Gasteiger charge is -2.38. The fourth-order valence-corrected chi connectivity index (χ4v) is 3.62. The third kappa shape index (κ3) is 1.63. The van der Waals surface area contributed by atoms with Crippen LogP contribution in [0.4, 0.5) is 0 Å². The van der Waals surface area contributed by atoms with Crippen LogP contribution in [0.5, 0.6) is 0 Å². The minimum absolute atomic E-state index is 0.275. The van der Waals surface area contributed by atoms with Gasteiger partial charge in [0.2, 0.25) is 0 Å². The van der Waals surface area contributed by atoms with E-state index in [2.05, 4.69) is 48.0 Å². The Hall–Kier alpha value is -1.12. The minimum atomic E-state index is -0.275. The predicted molar refractivity (Wildman–Crippen MR) is 73.4 cm³/mol. The van der Waals surface area contributed by atoms with E-state index in [1.54, 1.807) is 11.3 Å². The zero-order chi connectivity index (χ0) is 11.9. The Morgan fingerprint density at radius 2 is 2.12 bits per heavy atom. The maximum Gasteiger partial charge on any atom is 0.0676 e. The number of benzene rings is 1. The highest BCUT2D eigenvalue weighted by molar-refractivity contribution is 7.08. The summed E-state index contributed by atoms with van der Waals surface area (Å²) in [4.78, 5) is 0. The van der Waals surface area contributed by atoms with Crippen molar-refractivity contribution in [2.45, 2.75) is 31.2 Å². The first kappa shape index (κ1) is 11.0. The lowest BCUT2D eigenvalue weighted by Crippen LogP contribution is -2.41. The van der Waals surface area contributed by atoms with Gasteiger partial charge in [-0.05, 0) is 52.3 Å². The molecular weight excluding hydrogens is 226 g/mol. The molecule has 2 unspecified atom stereocenters. The van der Waals surface area contributed by atoms with Gasteiger partial charge in [0, 0.05) is 0 Å². The fraction of sp³-hybridized carbons (Fsp3) is 0.333. The van der Waals surface area contributed by atoms with Crippen molar-refractivity contribution >= 4 is 11.3 Å². The first-order valence-corrected chi connectivity index (χ1v) is 7.07. The standard InChI is InChI=1S/C15H17NS/c1-11-6-8-15(16,12-7-9-17-10-12)14-5-3-2-4-13(11)14/h2-5,7,9-11H,6,8,16H2,1H3. The van der Waals surface area contributed by atoms with Gasteiger partial charge in [0.05, 0.1) is 5.54 Å². The maximum absolute atomic E-state index is 6.71. The van der Waals surface area contributed by atoms with Crippen molar-refractivity contribution in [3.8, 4) is 0 Å². The highest BCUT2D eigenvalue weighted by atomic mass is 32.1. The third-order valence-corrected chi connectivity index (χ3v) is 4.66. The molecule has 1 heterocycles. The molecule has 88 valence electrons. The molecule has 2 N–H and O–H groups in total. The molecule has 1 aliphatic carbocycles. The van der Waals surface area contributed by atoms with Crippen molar-refractivity contribution in [2.75, 3.05) is 0 Å². The van der Waals surface area contributed by atoms with E-state index in [9.17, 15) is 0 Å². The van der Waals surface area contributed by atoms with E-state index >= 15 is 0 Å². The first-order valence-electron chi connectivity index (χ1n) is 6.13. The molecule has 0 saturated carbocycles. The molecule has 1 aromatic carbocycles. The van der Waals surface area contributed by atoms with Gasteiger partial charge >= 0.3 is 0 Å². The molecule has 1 nitrogen and oxygen atoms in total. The average molecular weight is 243 g/mol. The molecular formula is C15H17NS. The zero-order valence-electron chi connectivity index (χ0n) is 10.0. The Labute approximate surface area is 106 Å². The van der Waals surface area contributed by atoms with Crippen molar-refractivity contribution in [3.63, 3.8) is 0 Å².